The molecule has 0 aliphatic carbocycles. The fourth-order valence-electron chi connectivity index (χ4n) is 10.8. The number of fused-ring (bicyclic) bond motifs is 10. The van der Waals surface area contributed by atoms with Gasteiger partial charge in [0.05, 0.1) is 0 Å². The van der Waals surface area contributed by atoms with E-state index in [1.165, 1.54) is 143 Å². The Morgan fingerprint density at radius 2 is 0.406 bits per heavy atom. The Morgan fingerprint density at radius 1 is 0.172 bits per heavy atom. The van der Waals surface area contributed by atoms with Crippen LogP contribution in [0.25, 0.3) is 120 Å². The van der Waals surface area contributed by atoms with E-state index in [0.29, 0.717) is 0 Å². The van der Waals surface area contributed by atoms with Crippen LogP contribution in [0.4, 0.5) is 0 Å². The number of benzene rings is 12. The lowest BCUT2D eigenvalue weighted by atomic mass is 9.84. The molecule has 0 aliphatic rings. The zero-order valence-electron chi connectivity index (χ0n) is 36.6. The zero-order valence-corrected chi connectivity index (χ0v) is 36.6. The highest BCUT2D eigenvalue weighted by molar-refractivity contribution is 6.26. The second-order valence-corrected chi connectivity index (χ2v) is 17.8. The highest BCUT2D eigenvalue weighted by atomic mass is 14.2. The van der Waals surface area contributed by atoms with Crippen molar-refractivity contribution in [2.45, 2.75) is 27.7 Å². The number of rotatable bonds is 5. The van der Waals surface area contributed by atoms with Gasteiger partial charge in [-0.3, -0.25) is 0 Å². The summed E-state index contributed by atoms with van der Waals surface area (Å²) in [5.74, 6) is 0. The molecule has 0 fully saturated rings. The number of hydrogen-bond donors (Lipinski definition) is 0. The topological polar surface area (TPSA) is 0 Å². The molecule has 0 N–H and O–H groups in total. The largest absolute Gasteiger partial charge is 0.0620 e. The molecule has 0 heteroatoms. The highest BCUT2D eigenvalue weighted by Crippen LogP contribution is 2.46. The van der Waals surface area contributed by atoms with E-state index in [2.05, 4.69) is 234 Å². The van der Waals surface area contributed by atoms with E-state index in [4.69, 9.17) is 0 Å². The first-order valence-corrected chi connectivity index (χ1v) is 22.5. The Kier molecular flexibility index (Phi) is 8.85. The molecular weight excluding hydrogens is 769 g/mol. The lowest BCUT2D eigenvalue weighted by molar-refractivity contribution is 1.47. The number of hydrogen-bond acceptors (Lipinski definition) is 0. The molecule has 0 bridgehead atoms. The third-order valence-corrected chi connectivity index (χ3v) is 14.0. The lowest BCUT2D eigenvalue weighted by Gasteiger charge is -2.19. The smallest absolute Gasteiger partial charge is 0.00921 e. The van der Waals surface area contributed by atoms with E-state index >= 15 is 0 Å². The van der Waals surface area contributed by atoms with Crippen LogP contribution in [-0.4, -0.2) is 0 Å². The van der Waals surface area contributed by atoms with Gasteiger partial charge >= 0.3 is 0 Å². The zero-order chi connectivity index (χ0) is 43.1. The van der Waals surface area contributed by atoms with Gasteiger partial charge in [0.15, 0.2) is 0 Å². The third-order valence-electron chi connectivity index (χ3n) is 14.0. The van der Waals surface area contributed by atoms with Gasteiger partial charge in [0.2, 0.25) is 0 Å². The molecule has 0 unspecified atom stereocenters. The van der Waals surface area contributed by atoms with E-state index in [1.54, 1.807) is 0 Å². The maximum atomic E-state index is 2.47. The Bertz CT molecular complexity index is 3620. The predicted octanol–water partition coefficient (Wildman–Crippen LogP) is 18.2. The summed E-state index contributed by atoms with van der Waals surface area (Å²) in [7, 11) is 0. The Labute approximate surface area is 374 Å². The monoisotopic (exact) mass is 814 g/mol. The van der Waals surface area contributed by atoms with Crippen LogP contribution in [0.1, 0.15) is 22.3 Å². The molecular formula is C64H46. The van der Waals surface area contributed by atoms with Crippen LogP contribution in [0.3, 0.4) is 0 Å². The van der Waals surface area contributed by atoms with Gasteiger partial charge in [0.1, 0.15) is 0 Å². The van der Waals surface area contributed by atoms with Gasteiger partial charge < -0.3 is 0 Å². The van der Waals surface area contributed by atoms with Gasteiger partial charge in [-0.2, -0.15) is 0 Å². The fourth-order valence-corrected chi connectivity index (χ4v) is 10.8. The van der Waals surface area contributed by atoms with Crippen molar-refractivity contribution >= 4 is 64.6 Å². The van der Waals surface area contributed by atoms with Crippen molar-refractivity contribution < 1.29 is 0 Å². The van der Waals surface area contributed by atoms with Crippen LogP contribution >= 0.6 is 0 Å². The number of aryl methyl sites for hydroxylation is 4. The molecule has 0 heterocycles. The van der Waals surface area contributed by atoms with Crippen molar-refractivity contribution in [3.63, 3.8) is 0 Å². The summed E-state index contributed by atoms with van der Waals surface area (Å²) in [6.07, 6.45) is 0. The molecule has 0 aliphatic heterocycles. The molecule has 12 aromatic carbocycles. The molecule has 0 amide bonds. The standard InChI is InChI=1S/C64H46/c1-39-17-5-9-21-45(39)57-37-63-55-33-43(29-31-53(55)59(47-23-11-7-19-41(47)3)35-61(63)51-27-15-13-25-49(51)57)44-30-32-54-56(34-44)64-38-58(46-22-10-6-18-40(46)2)50-26-14-16-28-52(50)62(64)36-60(54)48-24-12-8-20-42(48)4/h5-38H,1-4H3. The quantitative estimate of drug-likeness (QED) is 0.152. The summed E-state index contributed by atoms with van der Waals surface area (Å²) in [5, 5.41) is 15.3. The first kappa shape index (κ1) is 37.9. The molecule has 0 atom stereocenters. The van der Waals surface area contributed by atoms with Gasteiger partial charge in [-0.05, 0) is 207 Å². The van der Waals surface area contributed by atoms with E-state index in [1.807, 2.05) is 0 Å². The fraction of sp³-hybridized carbons (Fsp3) is 0.0625. The normalized spacial score (nSPS) is 11.8. The molecule has 0 nitrogen and oxygen atoms in total. The SMILES string of the molecule is Cc1ccccc1-c1cc2c3cc(-c4ccc5c(-c6ccccc6C)cc6c7ccccc7c(-c7ccccc7C)cc6c5c4)ccc3c(-c3ccccc3C)cc2c2ccccc12. The van der Waals surface area contributed by atoms with Crippen molar-refractivity contribution in [3.05, 3.63) is 229 Å². The molecule has 0 spiro atoms. The second-order valence-electron chi connectivity index (χ2n) is 17.8. The molecule has 302 valence electrons. The van der Waals surface area contributed by atoms with Crippen LogP contribution in [0, 0.1) is 27.7 Å². The maximum Gasteiger partial charge on any atom is -0.00921 e. The van der Waals surface area contributed by atoms with Gasteiger partial charge in [0, 0.05) is 0 Å². The molecule has 0 saturated carbocycles. The second kappa shape index (κ2) is 14.9. The van der Waals surface area contributed by atoms with Crippen LogP contribution in [0.15, 0.2) is 206 Å². The van der Waals surface area contributed by atoms with Gasteiger partial charge in [-0.15, -0.1) is 0 Å². The highest BCUT2D eigenvalue weighted by Gasteiger charge is 2.20. The van der Waals surface area contributed by atoms with E-state index in [9.17, 15) is 0 Å². The maximum absolute atomic E-state index is 2.47. The summed E-state index contributed by atoms with van der Waals surface area (Å²) in [4.78, 5) is 0. The van der Waals surface area contributed by atoms with Crippen molar-refractivity contribution in [1.82, 2.24) is 0 Å². The van der Waals surface area contributed by atoms with Crippen LogP contribution in [0.5, 0.6) is 0 Å². The first-order valence-electron chi connectivity index (χ1n) is 22.5. The van der Waals surface area contributed by atoms with Crippen LogP contribution < -0.4 is 0 Å². The van der Waals surface area contributed by atoms with Crippen LogP contribution in [0.2, 0.25) is 0 Å². The van der Waals surface area contributed by atoms with E-state index in [-0.39, 0.29) is 0 Å². The molecule has 0 aromatic heterocycles. The summed E-state index contributed by atoms with van der Waals surface area (Å²) < 4.78 is 0. The first-order chi connectivity index (χ1) is 31.4. The third kappa shape index (κ3) is 5.98. The lowest BCUT2D eigenvalue weighted by Crippen LogP contribution is -1.93. The van der Waals surface area contributed by atoms with Gasteiger partial charge in [0.25, 0.3) is 0 Å². The van der Waals surface area contributed by atoms with E-state index in [0.717, 1.165) is 0 Å². The van der Waals surface area contributed by atoms with Crippen molar-refractivity contribution in [1.29, 1.82) is 0 Å². The van der Waals surface area contributed by atoms with Crippen molar-refractivity contribution in [2.75, 3.05) is 0 Å². The molecule has 12 rings (SSSR count). The average molecular weight is 815 g/mol. The van der Waals surface area contributed by atoms with E-state index < -0.39 is 0 Å². The average Bonchev–Trinajstić information content (AvgIpc) is 3.33. The summed E-state index contributed by atoms with van der Waals surface area (Å²) >= 11 is 0. The summed E-state index contributed by atoms with van der Waals surface area (Å²) in [6, 6.07) is 77.5. The summed E-state index contributed by atoms with van der Waals surface area (Å²) in [6.45, 7) is 8.92. The molecule has 0 radical (unpaired) electrons. The van der Waals surface area contributed by atoms with Gasteiger partial charge in [-0.25, -0.2) is 0 Å². The van der Waals surface area contributed by atoms with Crippen molar-refractivity contribution in [3.8, 4) is 55.6 Å². The minimum absolute atomic E-state index is 1.21. The van der Waals surface area contributed by atoms with Gasteiger partial charge in [-0.1, -0.05) is 170 Å². The minimum Gasteiger partial charge on any atom is -0.0620 e. The minimum atomic E-state index is 1.21. The predicted molar refractivity (Wildman–Crippen MR) is 278 cm³/mol. The molecule has 12 aromatic rings. The molecule has 0 saturated heterocycles. The van der Waals surface area contributed by atoms with Crippen LogP contribution in [-0.2, 0) is 0 Å². The molecule has 64 heavy (non-hydrogen) atoms. The van der Waals surface area contributed by atoms with Crippen molar-refractivity contribution in [2.24, 2.45) is 0 Å². The summed E-state index contributed by atoms with van der Waals surface area (Å²) in [5.41, 5.74) is 17.7. The Hall–Kier alpha value is -7.80. The Balaban J connectivity index is 1.18. The Morgan fingerprint density at radius 3 is 0.719 bits per heavy atom.